The highest BCUT2D eigenvalue weighted by Gasteiger charge is 2.48. The van der Waals surface area contributed by atoms with Crippen molar-refractivity contribution in [1.29, 1.82) is 0 Å². The van der Waals surface area contributed by atoms with Gasteiger partial charge in [-0.3, -0.25) is 0 Å². The van der Waals surface area contributed by atoms with Crippen LogP contribution in [0.2, 0.25) is 0 Å². The van der Waals surface area contributed by atoms with E-state index in [-0.39, 0.29) is 12.0 Å². The summed E-state index contributed by atoms with van der Waals surface area (Å²) in [5, 5.41) is 9.25. The molecule has 1 fully saturated rings. The summed E-state index contributed by atoms with van der Waals surface area (Å²) in [7, 11) is 0. The van der Waals surface area contributed by atoms with E-state index in [2.05, 4.69) is 34.2 Å². The van der Waals surface area contributed by atoms with Crippen LogP contribution in [0.1, 0.15) is 35.6 Å². The van der Waals surface area contributed by atoms with Gasteiger partial charge in [-0.25, -0.2) is 9.97 Å². The SMILES string of the molecule is Cc1cc(CO)nc(C2(c3ccccc3)CC2)n1. The minimum Gasteiger partial charge on any atom is -0.390 e. The van der Waals surface area contributed by atoms with Crippen LogP contribution < -0.4 is 0 Å². The molecule has 0 unspecified atom stereocenters. The van der Waals surface area contributed by atoms with Gasteiger partial charge in [-0.05, 0) is 31.4 Å². The molecule has 18 heavy (non-hydrogen) atoms. The number of aryl methyl sites for hydroxylation is 1. The molecule has 2 aromatic rings. The van der Waals surface area contributed by atoms with Gasteiger partial charge >= 0.3 is 0 Å². The molecule has 3 nitrogen and oxygen atoms in total. The molecular weight excluding hydrogens is 224 g/mol. The van der Waals surface area contributed by atoms with E-state index in [1.54, 1.807) is 0 Å². The third kappa shape index (κ3) is 1.81. The Morgan fingerprint density at radius 3 is 2.50 bits per heavy atom. The lowest BCUT2D eigenvalue weighted by atomic mass is 9.95. The molecule has 3 rings (SSSR count). The van der Waals surface area contributed by atoms with Crippen molar-refractivity contribution < 1.29 is 5.11 Å². The predicted molar refractivity (Wildman–Crippen MR) is 69.1 cm³/mol. The van der Waals surface area contributed by atoms with E-state index in [0.717, 1.165) is 24.4 Å². The lowest BCUT2D eigenvalue weighted by Crippen LogP contribution is -2.15. The van der Waals surface area contributed by atoms with Crippen LogP contribution in [-0.2, 0) is 12.0 Å². The van der Waals surface area contributed by atoms with Crippen LogP contribution in [0.5, 0.6) is 0 Å². The minimum absolute atomic E-state index is 0.0167. The van der Waals surface area contributed by atoms with Crippen molar-refractivity contribution in [2.75, 3.05) is 0 Å². The average molecular weight is 240 g/mol. The van der Waals surface area contributed by atoms with Crippen molar-refractivity contribution in [2.24, 2.45) is 0 Å². The van der Waals surface area contributed by atoms with Crippen molar-refractivity contribution in [3.05, 3.63) is 59.2 Å². The van der Waals surface area contributed by atoms with Gasteiger partial charge < -0.3 is 5.11 Å². The number of hydrogen-bond donors (Lipinski definition) is 1. The van der Waals surface area contributed by atoms with Crippen LogP contribution >= 0.6 is 0 Å². The molecule has 1 N–H and O–H groups in total. The summed E-state index contributed by atoms with van der Waals surface area (Å²) in [5.74, 6) is 0.859. The first-order valence-corrected chi connectivity index (χ1v) is 6.26. The van der Waals surface area contributed by atoms with Crippen molar-refractivity contribution in [3.8, 4) is 0 Å². The monoisotopic (exact) mass is 240 g/mol. The number of hydrogen-bond acceptors (Lipinski definition) is 3. The molecule has 1 aromatic heterocycles. The second-order valence-electron chi connectivity index (χ2n) is 4.93. The van der Waals surface area contributed by atoms with Gasteiger partial charge in [0, 0.05) is 5.69 Å². The Labute approximate surface area is 107 Å². The molecule has 1 saturated carbocycles. The van der Waals surface area contributed by atoms with Gasteiger partial charge in [0.15, 0.2) is 0 Å². The largest absolute Gasteiger partial charge is 0.390 e. The molecule has 0 atom stereocenters. The van der Waals surface area contributed by atoms with E-state index in [0.29, 0.717) is 5.69 Å². The quantitative estimate of drug-likeness (QED) is 0.895. The lowest BCUT2D eigenvalue weighted by molar-refractivity contribution is 0.276. The fraction of sp³-hybridized carbons (Fsp3) is 0.333. The zero-order valence-electron chi connectivity index (χ0n) is 10.4. The van der Waals surface area contributed by atoms with Gasteiger partial charge in [-0.15, -0.1) is 0 Å². The normalized spacial score (nSPS) is 16.6. The fourth-order valence-electron chi connectivity index (χ4n) is 2.45. The van der Waals surface area contributed by atoms with Crippen molar-refractivity contribution in [3.63, 3.8) is 0 Å². The third-order valence-corrected chi connectivity index (χ3v) is 3.57. The maximum absolute atomic E-state index is 9.25. The number of aliphatic hydroxyl groups is 1. The molecule has 0 radical (unpaired) electrons. The smallest absolute Gasteiger partial charge is 0.139 e. The third-order valence-electron chi connectivity index (χ3n) is 3.57. The molecule has 1 aliphatic rings. The van der Waals surface area contributed by atoms with Crippen molar-refractivity contribution in [1.82, 2.24) is 9.97 Å². The summed E-state index contributed by atoms with van der Waals surface area (Å²) >= 11 is 0. The van der Waals surface area contributed by atoms with E-state index < -0.39 is 0 Å². The van der Waals surface area contributed by atoms with Crippen LogP contribution in [0.3, 0.4) is 0 Å². The second kappa shape index (κ2) is 4.18. The van der Waals surface area contributed by atoms with Gasteiger partial charge in [-0.2, -0.15) is 0 Å². The fourth-order valence-corrected chi connectivity index (χ4v) is 2.45. The van der Waals surface area contributed by atoms with Crippen molar-refractivity contribution in [2.45, 2.75) is 31.8 Å². The lowest BCUT2D eigenvalue weighted by Gasteiger charge is -2.15. The molecule has 0 aliphatic heterocycles. The summed E-state index contributed by atoms with van der Waals surface area (Å²) in [4.78, 5) is 9.07. The molecule has 1 aromatic carbocycles. The first kappa shape index (κ1) is 11.4. The summed E-state index contributed by atoms with van der Waals surface area (Å²) in [6.45, 7) is 1.92. The van der Waals surface area contributed by atoms with E-state index in [1.165, 1.54) is 5.56 Å². The Kier molecular flexibility index (Phi) is 2.63. The molecule has 0 saturated heterocycles. The Balaban J connectivity index is 2.07. The maximum Gasteiger partial charge on any atom is 0.139 e. The topological polar surface area (TPSA) is 46.0 Å². The minimum atomic E-state index is -0.0266. The van der Waals surface area contributed by atoms with Gasteiger partial charge in [-0.1, -0.05) is 30.3 Å². The molecule has 92 valence electrons. The molecule has 1 heterocycles. The highest BCUT2D eigenvalue weighted by molar-refractivity contribution is 5.39. The van der Waals surface area contributed by atoms with E-state index in [9.17, 15) is 5.11 Å². The number of nitrogens with zero attached hydrogens (tertiary/aromatic N) is 2. The van der Waals surface area contributed by atoms with Crippen LogP contribution in [0.15, 0.2) is 36.4 Å². The molecule has 0 amide bonds. The molecule has 3 heteroatoms. The van der Waals surface area contributed by atoms with Gasteiger partial charge in [0.05, 0.1) is 17.7 Å². The average Bonchev–Trinajstić information content (AvgIpc) is 3.20. The Morgan fingerprint density at radius 2 is 1.89 bits per heavy atom. The van der Waals surface area contributed by atoms with E-state index in [4.69, 9.17) is 0 Å². The molecule has 0 bridgehead atoms. The Morgan fingerprint density at radius 1 is 1.17 bits per heavy atom. The highest BCUT2D eigenvalue weighted by Crippen LogP contribution is 2.52. The van der Waals surface area contributed by atoms with Crippen LogP contribution in [0.25, 0.3) is 0 Å². The predicted octanol–water partition coefficient (Wildman–Crippen LogP) is 2.36. The maximum atomic E-state index is 9.25. The molecule has 1 aliphatic carbocycles. The molecule has 0 spiro atoms. The zero-order chi connectivity index (χ0) is 12.6. The van der Waals surface area contributed by atoms with Crippen LogP contribution in [0, 0.1) is 6.92 Å². The first-order chi connectivity index (χ1) is 8.74. The highest BCUT2D eigenvalue weighted by atomic mass is 16.3. The zero-order valence-corrected chi connectivity index (χ0v) is 10.4. The number of aliphatic hydroxyl groups excluding tert-OH is 1. The summed E-state index contributed by atoms with van der Waals surface area (Å²) in [6, 6.07) is 12.2. The van der Waals surface area contributed by atoms with Gasteiger partial charge in [0.2, 0.25) is 0 Å². The van der Waals surface area contributed by atoms with E-state index >= 15 is 0 Å². The van der Waals surface area contributed by atoms with Gasteiger partial charge in [0.1, 0.15) is 5.82 Å². The number of rotatable bonds is 3. The molecular formula is C15H16N2O. The first-order valence-electron chi connectivity index (χ1n) is 6.26. The van der Waals surface area contributed by atoms with Crippen molar-refractivity contribution >= 4 is 0 Å². The van der Waals surface area contributed by atoms with Gasteiger partial charge in [0.25, 0.3) is 0 Å². The summed E-state index contributed by atoms with van der Waals surface area (Å²) in [6.07, 6.45) is 2.18. The van der Waals surface area contributed by atoms with Crippen LogP contribution in [-0.4, -0.2) is 15.1 Å². The number of aromatic nitrogens is 2. The van der Waals surface area contributed by atoms with Crippen LogP contribution in [0.4, 0.5) is 0 Å². The second-order valence-corrected chi connectivity index (χ2v) is 4.93. The van der Waals surface area contributed by atoms with E-state index in [1.807, 2.05) is 19.1 Å². The Bertz CT molecular complexity index is 562. The summed E-state index contributed by atoms with van der Waals surface area (Å²) in [5.41, 5.74) is 2.89. The number of benzene rings is 1. The standard InChI is InChI=1S/C15H16N2O/c1-11-9-13(10-18)17-14(16-11)15(7-8-15)12-5-3-2-4-6-12/h2-6,9,18H,7-8,10H2,1H3. The summed E-state index contributed by atoms with van der Waals surface area (Å²) < 4.78 is 0. The Hall–Kier alpha value is -1.74.